The first-order valence-electron chi connectivity index (χ1n) is 9.82. The second-order valence-electron chi connectivity index (χ2n) is 7.56. The fourth-order valence-electron chi connectivity index (χ4n) is 4.38. The van der Waals surface area contributed by atoms with Crippen LogP contribution in [0.3, 0.4) is 0 Å². The Bertz CT molecular complexity index is 750. The van der Waals surface area contributed by atoms with E-state index in [0.717, 1.165) is 55.5 Å². The number of amides is 1. The normalized spacial score (nSPS) is 19.7. The number of aromatic amines is 1. The molecule has 5 heteroatoms. The number of hydrogen-bond acceptors (Lipinski definition) is 3. The van der Waals surface area contributed by atoms with Crippen molar-refractivity contribution in [2.45, 2.75) is 51.0 Å². The van der Waals surface area contributed by atoms with Crippen molar-refractivity contribution in [3.8, 4) is 11.3 Å². The predicted molar refractivity (Wildman–Crippen MR) is 101 cm³/mol. The first kappa shape index (κ1) is 17.3. The molecular weight excluding hydrogens is 326 g/mol. The molecule has 2 aromatic rings. The van der Waals surface area contributed by atoms with Gasteiger partial charge in [0.1, 0.15) is 6.10 Å². The second kappa shape index (κ2) is 7.62. The van der Waals surface area contributed by atoms with Gasteiger partial charge in [-0.3, -0.25) is 9.89 Å². The Balaban J connectivity index is 1.46. The molecule has 0 spiro atoms. The van der Waals surface area contributed by atoms with Gasteiger partial charge < -0.3 is 10.0 Å². The lowest BCUT2D eigenvalue weighted by Crippen LogP contribution is -2.44. The summed E-state index contributed by atoms with van der Waals surface area (Å²) < 4.78 is 0. The molecule has 2 heterocycles. The third-order valence-electron chi connectivity index (χ3n) is 5.92. The summed E-state index contributed by atoms with van der Waals surface area (Å²) in [4.78, 5) is 14.7. The Morgan fingerprint density at radius 1 is 1.12 bits per heavy atom. The number of aliphatic hydroxyl groups is 1. The van der Waals surface area contributed by atoms with Crippen molar-refractivity contribution in [3.63, 3.8) is 0 Å². The minimum Gasteiger partial charge on any atom is -0.383 e. The number of aromatic nitrogens is 2. The number of hydrogen-bond donors (Lipinski definition) is 2. The molecule has 2 N–H and O–H groups in total. The standard InChI is InChI=1S/C21H27N3O2/c25-20(16-9-5-2-6-10-16)21(26)24-13-11-17-18(12-14-24)22-23-19(17)15-7-3-1-4-8-15/h1,3-4,7-8,16,20,25H,2,5-6,9-14H2,(H,22,23)/t20-/m1/s1. The highest BCUT2D eigenvalue weighted by Crippen LogP contribution is 2.29. The van der Waals surface area contributed by atoms with Crippen LogP contribution in [0.2, 0.25) is 0 Å². The number of nitrogens with one attached hydrogen (secondary N) is 1. The zero-order valence-electron chi connectivity index (χ0n) is 15.2. The van der Waals surface area contributed by atoms with Crippen molar-refractivity contribution in [2.75, 3.05) is 13.1 Å². The van der Waals surface area contributed by atoms with Crippen LogP contribution in [0.1, 0.15) is 43.4 Å². The summed E-state index contributed by atoms with van der Waals surface area (Å²) in [6.45, 7) is 1.29. The maximum atomic E-state index is 12.8. The maximum Gasteiger partial charge on any atom is 0.251 e. The van der Waals surface area contributed by atoms with Crippen LogP contribution < -0.4 is 0 Å². The van der Waals surface area contributed by atoms with E-state index in [1.165, 1.54) is 12.0 Å². The van der Waals surface area contributed by atoms with Crippen LogP contribution in [0, 0.1) is 5.92 Å². The molecule has 2 aliphatic rings. The van der Waals surface area contributed by atoms with Gasteiger partial charge in [-0.15, -0.1) is 0 Å². The molecular formula is C21H27N3O2. The molecule has 138 valence electrons. The van der Waals surface area contributed by atoms with E-state index in [9.17, 15) is 9.90 Å². The monoisotopic (exact) mass is 353 g/mol. The van der Waals surface area contributed by atoms with Crippen LogP contribution in [0.5, 0.6) is 0 Å². The second-order valence-corrected chi connectivity index (χ2v) is 7.56. The average Bonchev–Trinajstić information content (AvgIpc) is 2.99. The lowest BCUT2D eigenvalue weighted by atomic mass is 9.85. The van der Waals surface area contributed by atoms with Crippen molar-refractivity contribution in [3.05, 3.63) is 41.6 Å². The van der Waals surface area contributed by atoms with Gasteiger partial charge in [0.15, 0.2) is 0 Å². The van der Waals surface area contributed by atoms with E-state index in [1.807, 2.05) is 23.1 Å². The number of benzene rings is 1. The fourth-order valence-corrected chi connectivity index (χ4v) is 4.38. The molecule has 1 amide bonds. The highest BCUT2D eigenvalue weighted by atomic mass is 16.3. The van der Waals surface area contributed by atoms with Crippen molar-refractivity contribution in [1.82, 2.24) is 15.1 Å². The maximum absolute atomic E-state index is 12.8. The summed E-state index contributed by atoms with van der Waals surface area (Å²) in [5.74, 6) is 0.0511. The third kappa shape index (κ3) is 3.40. The van der Waals surface area contributed by atoms with E-state index in [1.54, 1.807) is 0 Å². The van der Waals surface area contributed by atoms with E-state index < -0.39 is 6.10 Å². The molecule has 4 rings (SSSR count). The topological polar surface area (TPSA) is 69.2 Å². The van der Waals surface area contributed by atoms with Crippen molar-refractivity contribution in [1.29, 1.82) is 0 Å². The Morgan fingerprint density at radius 3 is 2.62 bits per heavy atom. The highest BCUT2D eigenvalue weighted by molar-refractivity contribution is 5.81. The Labute approximate surface area is 154 Å². The summed E-state index contributed by atoms with van der Waals surface area (Å²) in [6.07, 6.45) is 6.14. The molecule has 1 fully saturated rings. The van der Waals surface area contributed by atoms with Crippen LogP contribution in [-0.4, -0.2) is 45.3 Å². The quantitative estimate of drug-likeness (QED) is 0.891. The number of aliphatic hydroxyl groups excluding tert-OH is 1. The molecule has 0 unspecified atom stereocenters. The van der Waals surface area contributed by atoms with Crippen molar-refractivity contribution in [2.24, 2.45) is 5.92 Å². The van der Waals surface area contributed by atoms with Crippen LogP contribution in [0.15, 0.2) is 30.3 Å². The Morgan fingerprint density at radius 2 is 1.85 bits per heavy atom. The van der Waals surface area contributed by atoms with Crippen molar-refractivity contribution >= 4 is 5.91 Å². The van der Waals surface area contributed by atoms with E-state index >= 15 is 0 Å². The number of H-pyrrole nitrogens is 1. The molecule has 26 heavy (non-hydrogen) atoms. The lowest BCUT2D eigenvalue weighted by Gasteiger charge is -2.30. The minimum absolute atomic E-state index is 0.0868. The average molecular weight is 353 g/mol. The van der Waals surface area contributed by atoms with Gasteiger partial charge in [0, 0.05) is 36.3 Å². The molecule has 1 aromatic carbocycles. The summed E-state index contributed by atoms with van der Waals surface area (Å²) in [7, 11) is 0. The summed E-state index contributed by atoms with van der Waals surface area (Å²) in [6, 6.07) is 10.2. The van der Waals surface area contributed by atoms with E-state index in [4.69, 9.17) is 0 Å². The van der Waals surface area contributed by atoms with Gasteiger partial charge in [0.05, 0.1) is 5.69 Å². The van der Waals surface area contributed by atoms with Gasteiger partial charge in [-0.05, 0) is 25.2 Å². The van der Waals surface area contributed by atoms with Crippen LogP contribution in [-0.2, 0) is 17.6 Å². The Kier molecular flexibility index (Phi) is 5.07. The molecule has 0 radical (unpaired) electrons. The molecule has 0 bridgehead atoms. The molecule has 1 aliphatic heterocycles. The highest BCUT2D eigenvalue weighted by Gasteiger charge is 2.32. The molecule has 1 atom stereocenters. The SMILES string of the molecule is O=C([C@H](O)C1CCCCC1)N1CCc2[nH]nc(-c3ccccc3)c2CC1. The van der Waals surface area contributed by atoms with E-state index in [2.05, 4.69) is 22.3 Å². The van der Waals surface area contributed by atoms with E-state index in [0.29, 0.717) is 13.1 Å². The molecule has 0 saturated heterocycles. The van der Waals surface area contributed by atoms with Gasteiger partial charge in [-0.25, -0.2) is 0 Å². The smallest absolute Gasteiger partial charge is 0.251 e. The van der Waals surface area contributed by atoms with Gasteiger partial charge in [0.25, 0.3) is 5.91 Å². The zero-order valence-corrected chi connectivity index (χ0v) is 15.2. The van der Waals surface area contributed by atoms with Crippen LogP contribution in [0.4, 0.5) is 0 Å². The third-order valence-corrected chi connectivity index (χ3v) is 5.92. The molecule has 1 saturated carbocycles. The first-order chi connectivity index (χ1) is 12.7. The van der Waals surface area contributed by atoms with Crippen LogP contribution in [0.25, 0.3) is 11.3 Å². The summed E-state index contributed by atoms with van der Waals surface area (Å²) >= 11 is 0. The number of nitrogens with zero attached hydrogens (tertiary/aromatic N) is 2. The largest absolute Gasteiger partial charge is 0.383 e. The van der Waals surface area contributed by atoms with Gasteiger partial charge in [-0.2, -0.15) is 5.10 Å². The lowest BCUT2D eigenvalue weighted by molar-refractivity contribution is -0.143. The summed E-state index contributed by atoms with van der Waals surface area (Å²) in [5, 5.41) is 18.3. The Hall–Kier alpha value is -2.14. The van der Waals surface area contributed by atoms with Gasteiger partial charge in [-0.1, -0.05) is 49.6 Å². The number of carbonyl (C=O) groups is 1. The van der Waals surface area contributed by atoms with E-state index in [-0.39, 0.29) is 11.8 Å². The molecule has 1 aromatic heterocycles. The predicted octanol–water partition coefficient (Wildman–Crippen LogP) is 2.95. The van der Waals surface area contributed by atoms with Crippen molar-refractivity contribution < 1.29 is 9.90 Å². The molecule has 1 aliphatic carbocycles. The van der Waals surface area contributed by atoms with Crippen LogP contribution >= 0.6 is 0 Å². The number of fused-ring (bicyclic) bond motifs is 1. The number of rotatable bonds is 3. The zero-order chi connectivity index (χ0) is 17.9. The fraction of sp³-hybridized carbons (Fsp3) is 0.524. The first-order valence-corrected chi connectivity index (χ1v) is 9.82. The van der Waals surface area contributed by atoms with Gasteiger partial charge >= 0.3 is 0 Å². The molecule has 5 nitrogen and oxygen atoms in total. The van der Waals surface area contributed by atoms with Gasteiger partial charge in [0.2, 0.25) is 0 Å². The number of carbonyl (C=O) groups excluding carboxylic acids is 1. The minimum atomic E-state index is -0.835. The summed E-state index contributed by atoms with van der Waals surface area (Å²) in [5.41, 5.74) is 4.42.